The molecule has 2 aromatic rings. The molecule has 0 radical (unpaired) electrons. The first-order chi connectivity index (χ1) is 8.80. The van der Waals surface area contributed by atoms with Crippen LogP contribution in [0.4, 0.5) is 5.69 Å². The van der Waals surface area contributed by atoms with Gasteiger partial charge >= 0.3 is 0 Å². The predicted octanol–water partition coefficient (Wildman–Crippen LogP) is 4.85. The first-order valence-corrected chi connectivity index (χ1v) is 6.77. The number of nitrogens with two attached hydrogens (primary N) is 1. The van der Waals surface area contributed by atoms with Gasteiger partial charge in [-0.15, -0.1) is 0 Å². The molecule has 1 nitrogen and oxygen atoms in total. The third-order valence-electron chi connectivity index (χ3n) is 3.63. The average molecular weight is 253 g/mol. The minimum Gasteiger partial charge on any atom is -0.398 e. The third-order valence-corrected chi connectivity index (χ3v) is 3.63. The zero-order valence-electron chi connectivity index (χ0n) is 12.5. The molecule has 0 aliphatic rings. The molecule has 0 atom stereocenters. The Morgan fingerprint density at radius 3 is 1.89 bits per heavy atom. The van der Waals surface area contributed by atoms with E-state index < -0.39 is 0 Å². The molecule has 1 heteroatoms. The van der Waals surface area contributed by atoms with Gasteiger partial charge in [0.1, 0.15) is 0 Å². The molecule has 0 aliphatic carbocycles. The van der Waals surface area contributed by atoms with Gasteiger partial charge in [0.15, 0.2) is 0 Å². The topological polar surface area (TPSA) is 26.0 Å². The van der Waals surface area contributed by atoms with E-state index in [0.29, 0.717) is 0 Å². The molecule has 0 saturated carbocycles. The second kappa shape index (κ2) is 4.73. The molecular weight excluding hydrogens is 230 g/mol. The lowest BCUT2D eigenvalue weighted by molar-refractivity contribution is 0.589. The molecule has 0 spiro atoms. The summed E-state index contributed by atoms with van der Waals surface area (Å²) in [6, 6.07) is 12.7. The van der Waals surface area contributed by atoms with Crippen molar-refractivity contribution in [1.82, 2.24) is 0 Å². The second-order valence-corrected chi connectivity index (χ2v) is 6.32. The Balaban J connectivity index is 2.65. The maximum absolute atomic E-state index is 6.11. The average Bonchev–Trinajstić information content (AvgIpc) is 2.29. The van der Waals surface area contributed by atoms with Crippen LogP contribution in [0.15, 0.2) is 36.4 Å². The van der Waals surface area contributed by atoms with Gasteiger partial charge in [-0.3, -0.25) is 0 Å². The minimum atomic E-state index is 0.177. The van der Waals surface area contributed by atoms with Crippen LogP contribution in [0.25, 0.3) is 11.1 Å². The molecule has 19 heavy (non-hydrogen) atoms. The first-order valence-electron chi connectivity index (χ1n) is 6.77. The molecule has 2 aromatic carbocycles. The molecule has 2 N–H and O–H groups in total. The van der Waals surface area contributed by atoms with Crippen LogP contribution in [-0.4, -0.2) is 0 Å². The summed E-state index contributed by atoms with van der Waals surface area (Å²) < 4.78 is 0. The third kappa shape index (κ3) is 2.65. The summed E-state index contributed by atoms with van der Waals surface area (Å²) in [6.45, 7) is 11.1. The molecule has 100 valence electrons. The first kappa shape index (κ1) is 13.7. The van der Waals surface area contributed by atoms with E-state index in [1.807, 2.05) is 18.2 Å². The van der Waals surface area contributed by atoms with E-state index in [4.69, 9.17) is 5.73 Å². The Morgan fingerprint density at radius 1 is 0.895 bits per heavy atom. The number of nitrogen functional groups attached to an aromatic ring is 1. The van der Waals surface area contributed by atoms with Gasteiger partial charge in [0.2, 0.25) is 0 Å². The summed E-state index contributed by atoms with van der Waals surface area (Å²) in [5, 5.41) is 0. The summed E-state index contributed by atoms with van der Waals surface area (Å²) in [6.07, 6.45) is 0. The minimum absolute atomic E-state index is 0.177. The van der Waals surface area contributed by atoms with E-state index in [-0.39, 0.29) is 5.41 Å². The Labute approximate surface area is 116 Å². The van der Waals surface area contributed by atoms with Gasteiger partial charge in [-0.2, -0.15) is 0 Å². The van der Waals surface area contributed by atoms with Crippen molar-refractivity contribution in [3.8, 4) is 11.1 Å². The van der Waals surface area contributed by atoms with Crippen LogP contribution in [-0.2, 0) is 5.41 Å². The van der Waals surface area contributed by atoms with Gasteiger partial charge in [-0.1, -0.05) is 51.1 Å². The lowest BCUT2D eigenvalue weighted by Gasteiger charge is -2.23. The number of anilines is 1. The van der Waals surface area contributed by atoms with Crippen LogP contribution in [0.5, 0.6) is 0 Å². The zero-order valence-corrected chi connectivity index (χ0v) is 12.5. The summed E-state index contributed by atoms with van der Waals surface area (Å²) in [5.41, 5.74) is 13.5. The van der Waals surface area contributed by atoms with Crippen molar-refractivity contribution in [2.75, 3.05) is 5.73 Å². The largest absolute Gasteiger partial charge is 0.398 e. The Kier molecular flexibility index (Phi) is 3.40. The van der Waals surface area contributed by atoms with E-state index in [0.717, 1.165) is 11.3 Å². The Morgan fingerprint density at radius 2 is 1.42 bits per heavy atom. The van der Waals surface area contributed by atoms with Gasteiger partial charge in [0.25, 0.3) is 0 Å². The number of benzene rings is 2. The summed E-state index contributed by atoms with van der Waals surface area (Å²) in [4.78, 5) is 0. The fourth-order valence-electron chi connectivity index (χ4n) is 2.55. The maximum Gasteiger partial charge on any atom is 0.0393 e. The number of para-hydroxylation sites is 1. The van der Waals surface area contributed by atoms with Crippen LogP contribution in [0.3, 0.4) is 0 Å². The van der Waals surface area contributed by atoms with Crippen molar-refractivity contribution in [1.29, 1.82) is 0 Å². The van der Waals surface area contributed by atoms with Crippen LogP contribution in [0.2, 0.25) is 0 Å². The molecule has 0 heterocycles. The molecule has 0 amide bonds. The Hall–Kier alpha value is -1.76. The fourth-order valence-corrected chi connectivity index (χ4v) is 2.55. The van der Waals surface area contributed by atoms with E-state index in [1.165, 1.54) is 22.3 Å². The van der Waals surface area contributed by atoms with Crippen LogP contribution < -0.4 is 5.73 Å². The lowest BCUT2D eigenvalue weighted by Crippen LogP contribution is -2.12. The van der Waals surface area contributed by atoms with Gasteiger partial charge in [0, 0.05) is 11.3 Å². The highest BCUT2D eigenvalue weighted by molar-refractivity contribution is 5.80. The Bertz CT molecular complexity index is 580. The van der Waals surface area contributed by atoms with Crippen molar-refractivity contribution in [3.05, 3.63) is 53.1 Å². The van der Waals surface area contributed by atoms with Gasteiger partial charge in [0.05, 0.1) is 0 Å². The predicted molar refractivity (Wildman–Crippen MR) is 84.5 cm³/mol. The highest BCUT2D eigenvalue weighted by Crippen LogP contribution is 2.35. The van der Waals surface area contributed by atoms with Gasteiger partial charge in [-0.05, 0) is 47.6 Å². The normalized spacial score (nSPS) is 11.6. The van der Waals surface area contributed by atoms with E-state index in [2.05, 4.69) is 52.8 Å². The van der Waals surface area contributed by atoms with Crippen molar-refractivity contribution < 1.29 is 0 Å². The van der Waals surface area contributed by atoms with Crippen molar-refractivity contribution in [3.63, 3.8) is 0 Å². The molecule has 0 bridgehead atoms. The number of hydrogen-bond acceptors (Lipinski definition) is 1. The molecule has 0 fully saturated rings. The smallest absolute Gasteiger partial charge is 0.0393 e. The van der Waals surface area contributed by atoms with Crippen LogP contribution in [0.1, 0.15) is 37.5 Å². The van der Waals surface area contributed by atoms with E-state index in [9.17, 15) is 0 Å². The maximum atomic E-state index is 6.11. The van der Waals surface area contributed by atoms with Crippen molar-refractivity contribution in [2.45, 2.75) is 40.0 Å². The van der Waals surface area contributed by atoms with Crippen molar-refractivity contribution >= 4 is 5.69 Å². The zero-order chi connectivity index (χ0) is 14.2. The lowest BCUT2D eigenvalue weighted by atomic mass is 9.82. The van der Waals surface area contributed by atoms with E-state index >= 15 is 0 Å². The monoisotopic (exact) mass is 253 g/mol. The second-order valence-electron chi connectivity index (χ2n) is 6.32. The number of aryl methyl sites for hydroxylation is 2. The number of hydrogen-bond donors (Lipinski definition) is 1. The summed E-state index contributed by atoms with van der Waals surface area (Å²) in [5.74, 6) is 0. The standard InChI is InChI=1S/C18H23N/c1-12-10-14(18(3,4)5)11-13(2)17(12)15-8-6-7-9-16(15)19/h6-11H,19H2,1-5H3. The molecule has 0 saturated heterocycles. The quantitative estimate of drug-likeness (QED) is 0.722. The molecule has 0 aliphatic heterocycles. The highest BCUT2D eigenvalue weighted by Gasteiger charge is 2.17. The summed E-state index contributed by atoms with van der Waals surface area (Å²) >= 11 is 0. The number of rotatable bonds is 1. The fraction of sp³-hybridized carbons (Fsp3) is 0.333. The molecule has 2 rings (SSSR count). The molecule has 0 unspecified atom stereocenters. The van der Waals surface area contributed by atoms with Gasteiger partial charge in [-0.25, -0.2) is 0 Å². The van der Waals surface area contributed by atoms with Gasteiger partial charge < -0.3 is 5.73 Å². The molecule has 0 aromatic heterocycles. The summed E-state index contributed by atoms with van der Waals surface area (Å²) in [7, 11) is 0. The van der Waals surface area contributed by atoms with Crippen LogP contribution >= 0.6 is 0 Å². The van der Waals surface area contributed by atoms with Crippen LogP contribution in [0, 0.1) is 13.8 Å². The SMILES string of the molecule is Cc1cc(C(C)(C)C)cc(C)c1-c1ccccc1N. The van der Waals surface area contributed by atoms with Crippen molar-refractivity contribution in [2.24, 2.45) is 0 Å². The highest BCUT2D eigenvalue weighted by atomic mass is 14.6. The molecular formula is C18H23N. The van der Waals surface area contributed by atoms with E-state index in [1.54, 1.807) is 0 Å².